The fraction of sp³-hybridized carbons (Fsp3) is 0.182. The van der Waals surface area contributed by atoms with E-state index in [9.17, 15) is 0 Å². The van der Waals surface area contributed by atoms with Gasteiger partial charge in [0.05, 0.1) is 12.2 Å². The maximum absolute atomic E-state index is 5.93. The molecule has 3 aromatic rings. The molecule has 0 spiro atoms. The van der Waals surface area contributed by atoms with Gasteiger partial charge in [0.1, 0.15) is 5.52 Å². The van der Waals surface area contributed by atoms with Crippen molar-refractivity contribution in [3.05, 3.63) is 38.7 Å². The highest BCUT2D eigenvalue weighted by Gasteiger charge is 2.13. The van der Waals surface area contributed by atoms with Gasteiger partial charge in [-0.1, -0.05) is 0 Å². The van der Waals surface area contributed by atoms with Gasteiger partial charge in [-0.2, -0.15) is 9.36 Å². The third-order valence-electron chi connectivity index (χ3n) is 2.72. The number of nitrogens with one attached hydrogen (secondary N) is 1. The minimum Gasteiger partial charge on any atom is -0.362 e. The van der Waals surface area contributed by atoms with Crippen LogP contribution in [0.25, 0.3) is 5.52 Å². The van der Waals surface area contributed by atoms with Gasteiger partial charge in [0, 0.05) is 16.0 Å². The van der Waals surface area contributed by atoms with Crippen molar-refractivity contribution in [2.75, 3.05) is 5.32 Å². The zero-order valence-electron chi connectivity index (χ0n) is 9.89. The summed E-state index contributed by atoms with van der Waals surface area (Å²) in [6.45, 7) is 2.61. The van der Waals surface area contributed by atoms with Gasteiger partial charge < -0.3 is 5.32 Å². The van der Waals surface area contributed by atoms with Crippen LogP contribution in [0.1, 0.15) is 11.3 Å². The molecule has 0 radical (unpaired) electrons. The van der Waals surface area contributed by atoms with Crippen LogP contribution in [0.4, 0.5) is 5.82 Å². The quantitative estimate of drug-likeness (QED) is 0.778. The minimum atomic E-state index is 0.204. The number of aromatic nitrogens is 4. The topological polar surface area (TPSA) is 55.1 Å². The number of nitrogens with zero attached hydrogens (tertiary/aromatic N) is 4. The highest BCUT2D eigenvalue weighted by Crippen LogP contribution is 2.27. The Labute approximate surface area is 126 Å². The predicted octanol–water partition coefficient (Wildman–Crippen LogP) is 3.52. The summed E-state index contributed by atoms with van der Waals surface area (Å²) in [6, 6.07) is 1.97. The van der Waals surface area contributed by atoms with E-state index >= 15 is 0 Å². The van der Waals surface area contributed by atoms with Crippen molar-refractivity contribution in [3.8, 4) is 0 Å². The first-order chi connectivity index (χ1) is 9.15. The molecule has 0 bridgehead atoms. The molecule has 0 aliphatic rings. The first-order valence-corrected chi connectivity index (χ1v) is 7.50. The van der Waals surface area contributed by atoms with Gasteiger partial charge in [-0.05, 0) is 57.6 Å². The molecule has 3 aromatic heterocycles. The molecule has 0 aliphatic heterocycles. The summed E-state index contributed by atoms with van der Waals surface area (Å²) < 4.78 is 6.94. The monoisotopic (exact) mass is 357 g/mol. The lowest BCUT2D eigenvalue weighted by Crippen LogP contribution is -2.06. The second-order valence-corrected chi connectivity index (χ2v) is 5.83. The molecule has 3 rings (SSSR count). The average molecular weight is 359 g/mol. The molecule has 8 heteroatoms. The summed E-state index contributed by atoms with van der Waals surface area (Å²) in [4.78, 5) is 4.25. The zero-order valence-corrected chi connectivity index (χ0v) is 13.1. The highest BCUT2D eigenvalue weighted by molar-refractivity contribution is 9.10. The van der Waals surface area contributed by atoms with E-state index in [1.807, 2.05) is 24.6 Å². The average Bonchev–Trinajstić information content (AvgIpc) is 2.96. The van der Waals surface area contributed by atoms with Gasteiger partial charge in [0.15, 0.2) is 5.82 Å². The highest BCUT2D eigenvalue weighted by atomic mass is 79.9. The van der Waals surface area contributed by atoms with E-state index in [1.165, 1.54) is 11.5 Å². The number of anilines is 1. The van der Waals surface area contributed by atoms with Crippen LogP contribution < -0.4 is 5.32 Å². The second kappa shape index (κ2) is 5.07. The normalized spacial score (nSPS) is 11.1. The van der Waals surface area contributed by atoms with Gasteiger partial charge in [-0.25, -0.2) is 4.52 Å². The molecule has 0 atom stereocenters. The Kier molecular flexibility index (Phi) is 3.42. The SMILES string of the molecule is Cc1c(Br)cn2nc(Cl)nc(NCc3ccsn3)c12. The lowest BCUT2D eigenvalue weighted by molar-refractivity contribution is 0.897. The van der Waals surface area contributed by atoms with Gasteiger partial charge in [-0.3, -0.25) is 0 Å². The van der Waals surface area contributed by atoms with Crippen LogP contribution in [0.2, 0.25) is 5.28 Å². The fourth-order valence-corrected chi connectivity index (χ4v) is 2.89. The van der Waals surface area contributed by atoms with Crippen LogP contribution in [-0.4, -0.2) is 19.0 Å². The van der Waals surface area contributed by atoms with Crippen LogP contribution in [0, 0.1) is 6.92 Å². The van der Waals surface area contributed by atoms with Gasteiger partial charge in [-0.15, -0.1) is 5.10 Å². The summed E-state index contributed by atoms with van der Waals surface area (Å²) in [6.07, 6.45) is 1.87. The zero-order chi connectivity index (χ0) is 13.4. The molecule has 98 valence electrons. The number of fused-ring (bicyclic) bond motifs is 1. The van der Waals surface area contributed by atoms with Crippen LogP contribution >= 0.6 is 39.1 Å². The largest absolute Gasteiger partial charge is 0.362 e. The predicted molar refractivity (Wildman–Crippen MR) is 79.9 cm³/mol. The summed E-state index contributed by atoms with van der Waals surface area (Å²) in [5.74, 6) is 0.705. The van der Waals surface area contributed by atoms with E-state index in [1.54, 1.807) is 4.52 Å². The van der Waals surface area contributed by atoms with E-state index in [0.717, 1.165) is 21.2 Å². The number of hydrogen-bond donors (Lipinski definition) is 1. The molecule has 0 aromatic carbocycles. The van der Waals surface area contributed by atoms with Crippen molar-refractivity contribution < 1.29 is 0 Å². The molecule has 0 saturated carbocycles. The lowest BCUT2D eigenvalue weighted by Gasteiger charge is -2.07. The molecule has 0 unspecified atom stereocenters. The number of aryl methyl sites for hydroxylation is 1. The van der Waals surface area contributed by atoms with Crippen molar-refractivity contribution in [2.24, 2.45) is 0 Å². The van der Waals surface area contributed by atoms with Crippen molar-refractivity contribution in [3.63, 3.8) is 0 Å². The van der Waals surface area contributed by atoms with Crippen molar-refractivity contribution in [2.45, 2.75) is 13.5 Å². The summed E-state index contributed by atoms with van der Waals surface area (Å²) in [7, 11) is 0. The van der Waals surface area contributed by atoms with Crippen LogP contribution in [-0.2, 0) is 6.54 Å². The van der Waals surface area contributed by atoms with E-state index in [-0.39, 0.29) is 5.28 Å². The third kappa shape index (κ3) is 2.45. The Bertz CT molecular complexity index is 724. The fourth-order valence-electron chi connectivity index (χ4n) is 1.80. The maximum Gasteiger partial charge on any atom is 0.243 e. The molecular weight excluding hydrogens is 350 g/mol. The van der Waals surface area contributed by atoms with Gasteiger partial charge >= 0.3 is 0 Å². The first-order valence-electron chi connectivity index (χ1n) is 5.49. The van der Waals surface area contributed by atoms with E-state index in [0.29, 0.717) is 12.4 Å². The van der Waals surface area contributed by atoms with Crippen molar-refractivity contribution in [1.29, 1.82) is 0 Å². The van der Waals surface area contributed by atoms with Crippen molar-refractivity contribution >= 4 is 50.4 Å². The standard InChI is InChI=1S/C11H9BrClN5S/c1-6-8(12)5-18-9(6)10(15-11(13)16-18)14-4-7-2-3-19-17-7/h2-3,5H,4H2,1H3,(H,14,15,16). The number of halogens is 2. The Morgan fingerprint density at radius 2 is 2.37 bits per heavy atom. The molecular formula is C11H9BrClN5S. The Hall–Kier alpha value is -1.18. The minimum absolute atomic E-state index is 0.204. The van der Waals surface area contributed by atoms with Crippen LogP contribution in [0.15, 0.2) is 22.1 Å². The first kappa shape index (κ1) is 12.8. The second-order valence-electron chi connectivity index (χ2n) is 3.97. The molecule has 0 aliphatic carbocycles. The Balaban J connectivity index is 2.01. The summed E-state index contributed by atoms with van der Waals surface area (Å²) in [5.41, 5.74) is 2.95. The van der Waals surface area contributed by atoms with Crippen LogP contribution in [0.5, 0.6) is 0 Å². The smallest absolute Gasteiger partial charge is 0.243 e. The molecule has 5 nitrogen and oxygen atoms in total. The molecule has 1 N–H and O–H groups in total. The molecule has 3 heterocycles. The Morgan fingerprint density at radius 3 is 3.11 bits per heavy atom. The summed E-state index contributed by atoms with van der Waals surface area (Å²) in [5, 5.41) is 9.55. The maximum atomic E-state index is 5.93. The number of hydrogen-bond acceptors (Lipinski definition) is 5. The van der Waals surface area contributed by atoms with Crippen molar-refractivity contribution in [1.82, 2.24) is 19.0 Å². The van der Waals surface area contributed by atoms with E-state index < -0.39 is 0 Å². The van der Waals surface area contributed by atoms with Gasteiger partial charge in [0.25, 0.3) is 0 Å². The third-order valence-corrected chi connectivity index (χ3v) is 4.28. The number of rotatable bonds is 3. The lowest BCUT2D eigenvalue weighted by atomic mass is 10.3. The Morgan fingerprint density at radius 1 is 1.53 bits per heavy atom. The molecule has 19 heavy (non-hydrogen) atoms. The van der Waals surface area contributed by atoms with E-state index in [2.05, 4.69) is 35.7 Å². The molecule has 0 fully saturated rings. The molecule has 0 amide bonds. The van der Waals surface area contributed by atoms with E-state index in [4.69, 9.17) is 11.6 Å². The van der Waals surface area contributed by atoms with Gasteiger partial charge in [0.2, 0.25) is 5.28 Å². The molecule has 0 saturated heterocycles. The summed E-state index contributed by atoms with van der Waals surface area (Å²) >= 11 is 10.8. The van der Waals surface area contributed by atoms with Crippen LogP contribution in [0.3, 0.4) is 0 Å².